The molecule has 0 radical (unpaired) electrons. The summed E-state index contributed by atoms with van der Waals surface area (Å²) in [5.41, 5.74) is 0. The number of aliphatic hydroxyl groups is 10. The van der Waals surface area contributed by atoms with Crippen LogP contribution in [0.15, 0.2) is 0 Å². The second kappa shape index (κ2) is 14.7. The van der Waals surface area contributed by atoms with Gasteiger partial charge in [-0.15, -0.1) is 9.68 Å². The summed E-state index contributed by atoms with van der Waals surface area (Å²) in [6.07, 6.45) is -18.5. The van der Waals surface area contributed by atoms with Crippen LogP contribution in [-0.4, -0.2) is 130 Å². The van der Waals surface area contributed by atoms with Crippen LogP contribution in [0.2, 0.25) is 0 Å². The summed E-state index contributed by atoms with van der Waals surface area (Å²) in [7, 11) is 0. The Morgan fingerprint density at radius 3 is 1.21 bits per heavy atom. The molecule has 0 spiro atoms. The van der Waals surface area contributed by atoms with Gasteiger partial charge in [-0.2, -0.15) is 0 Å². The molecular formula is C12H23KNO15+. The van der Waals surface area contributed by atoms with E-state index in [0.717, 1.165) is 0 Å². The molecule has 29 heavy (non-hydrogen) atoms. The first-order valence-electron chi connectivity index (χ1n) is 7.46. The van der Waals surface area contributed by atoms with Gasteiger partial charge in [0.25, 0.3) is 0 Å². The molecule has 0 saturated carbocycles. The SMILES string of the molecule is O=C(O[N+](=O)OC(=O)[C@H](O)[C@@H](O)[C@H](O)[C@H](O)CO)[C@H](O)[C@@H](O)[C@H](O)[C@H](O)CO.[H-].[K+]. The van der Waals surface area contributed by atoms with Crippen molar-refractivity contribution in [3.8, 4) is 0 Å². The van der Waals surface area contributed by atoms with E-state index in [1.54, 1.807) is 0 Å². The number of rotatable bonds is 12. The van der Waals surface area contributed by atoms with Gasteiger partial charge in [0.05, 0.1) is 13.2 Å². The fourth-order valence-corrected chi connectivity index (χ4v) is 1.60. The van der Waals surface area contributed by atoms with Crippen molar-refractivity contribution in [2.24, 2.45) is 0 Å². The first-order chi connectivity index (χ1) is 12.9. The molecule has 0 heterocycles. The van der Waals surface area contributed by atoms with Gasteiger partial charge in [-0.1, -0.05) is 0 Å². The molecule has 0 rings (SSSR count). The fraction of sp³-hybridized carbons (Fsp3) is 0.833. The minimum Gasteiger partial charge on any atom is -1.00 e. The summed E-state index contributed by atoms with van der Waals surface area (Å²) in [6.45, 7) is -2.11. The van der Waals surface area contributed by atoms with E-state index in [1.165, 1.54) is 0 Å². The van der Waals surface area contributed by atoms with E-state index in [9.17, 15) is 45.1 Å². The molecule has 0 bridgehead atoms. The van der Waals surface area contributed by atoms with Crippen molar-refractivity contribution >= 4 is 11.9 Å². The molecule has 0 aliphatic heterocycles. The Labute approximate surface area is 205 Å². The van der Waals surface area contributed by atoms with Crippen LogP contribution < -0.4 is 51.4 Å². The maximum atomic E-state index is 11.4. The topological polar surface area (TPSA) is 275 Å². The van der Waals surface area contributed by atoms with Crippen LogP contribution in [-0.2, 0) is 19.3 Å². The van der Waals surface area contributed by atoms with Crippen molar-refractivity contribution in [2.75, 3.05) is 13.2 Å². The van der Waals surface area contributed by atoms with Crippen molar-refractivity contribution in [3.05, 3.63) is 4.91 Å². The van der Waals surface area contributed by atoms with Gasteiger partial charge in [0.2, 0.25) is 0 Å². The molecule has 10 N–H and O–H groups in total. The molecule has 0 amide bonds. The molecule has 0 aromatic rings. The van der Waals surface area contributed by atoms with E-state index in [2.05, 4.69) is 9.68 Å². The summed E-state index contributed by atoms with van der Waals surface area (Å²) in [6, 6.07) is 0. The Hall–Kier alpha value is -0.224. The minimum atomic E-state index is -2.65. The molecule has 0 aliphatic carbocycles. The Morgan fingerprint density at radius 2 is 0.966 bits per heavy atom. The Morgan fingerprint density at radius 1 is 0.690 bits per heavy atom. The van der Waals surface area contributed by atoms with Crippen LogP contribution in [0.25, 0.3) is 0 Å². The summed E-state index contributed by atoms with van der Waals surface area (Å²) in [5, 5.41) is 90.2. The van der Waals surface area contributed by atoms with E-state index in [1.807, 2.05) is 0 Å². The maximum Gasteiger partial charge on any atom is 1.00 e. The second-order valence-corrected chi connectivity index (χ2v) is 5.40. The Kier molecular flexibility index (Phi) is 15.7. The molecule has 0 unspecified atom stereocenters. The largest absolute Gasteiger partial charge is 1.00 e. The molecule has 0 saturated heterocycles. The van der Waals surface area contributed by atoms with Crippen LogP contribution >= 0.6 is 0 Å². The van der Waals surface area contributed by atoms with Gasteiger partial charge in [-0.3, -0.25) is 0 Å². The molecule has 8 atom stereocenters. The van der Waals surface area contributed by atoms with Gasteiger partial charge in [0.15, 0.2) is 12.2 Å². The molecule has 166 valence electrons. The van der Waals surface area contributed by atoms with Gasteiger partial charge in [-0.05, 0) is 0 Å². The van der Waals surface area contributed by atoms with Crippen molar-refractivity contribution < 1.29 is 128 Å². The van der Waals surface area contributed by atoms with Gasteiger partial charge in [0, 0.05) is 0 Å². The normalized spacial score (nSPS) is 19.4. The maximum absolute atomic E-state index is 11.4. The molecule has 0 aromatic heterocycles. The van der Waals surface area contributed by atoms with Crippen LogP contribution in [0, 0.1) is 4.91 Å². The standard InChI is InChI=1S/C12H22NO15.K.H/c14-1-3(16)5(18)7(20)9(22)11(24)27-13(26)28-12(25)10(23)8(21)6(19)4(17)2-15;;/h3-10,14-23H,1-2H2;;/q2*+1;-1/t3-,4-,5-,6-,7+,8+,9-,10-;;/m1../s1. The van der Waals surface area contributed by atoms with E-state index < -0.39 is 79.1 Å². The molecule has 17 heteroatoms. The number of nitrogens with zero attached hydrogens (tertiary/aromatic N) is 1. The van der Waals surface area contributed by atoms with E-state index >= 15 is 0 Å². The van der Waals surface area contributed by atoms with Gasteiger partial charge in [-0.25, -0.2) is 9.59 Å². The zero-order valence-electron chi connectivity index (χ0n) is 16.0. The quantitative estimate of drug-likeness (QED) is 0.0956. The third kappa shape index (κ3) is 9.63. The zero-order chi connectivity index (χ0) is 22.2. The number of hydrogen-bond donors (Lipinski definition) is 10. The average molecular weight is 460 g/mol. The van der Waals surface area contributed by atoms with Crippen molar-refractivity contribution in [3.63, 3.8) is 0 Å². The number of aliphatic hydroxyl groups excluding tert-OH is 10. The average Bonchev–Trinajstić information content (AvgIpc) is 2.68. The van der Waals surface area contributed by atoms with Gasteiger partial charge < -0.3 is 52.5 Å². The second-order valence-electron chi connectivity index (χ2n) is 5.40. The molecule has 0 aromatic carbocycles. The van der Waals surface area contributed by atoms with E-state index in [4.69, 9.17) is 20.4 Å². The van der Waals surface area contributed by atoms with Crippen molar-refractivity contribution in [1.82, 2.24) is 0 Å². The summed E-state index contributed by atoms with van der Waals surface area (Å²) in [5.74, 6) is -3.99. The summed E-state index contributed by atoms with van der Waals surface area (Å²) in [4.78, 5) is 41.4. The molecule has 16 nitrogen and oxygen atoms in total. The zero-order valence-corrected chi connectivity index (χ0v) is 18.1. The van der Waals surface area contributed by atoms with Gasteiger partial charge in [0.1, 0.15) is 41.5 Å². The Bertz CT molecular complexity index is 498. The Balaban J connectivity index is -0.00000364. The summed E-state index contributed by atoms with van der Waals surface area (Å²) >= 11 is 0. The molecular weight excluding hydrogens is 437 g/mol. The van der Waals surface area contributed by atoms with Crippen LogP contribution in [0.4, 0.5) is 0 Å². The molecule has 0 aliphatic rings. The smallest absolute Gasteiger partial charge is 1.00 e. The first kappa shape index (κ1) is 31.0. The number of hydrogen-bond acceptors (Lipinski definition) is 15. The van der Waals surface area contributed by atoms with E-state index in [-0.39, 0.29) is 52.8 Å². The molecule has 0 fully saturated rings. The third-order valence-corrected chi connectivity index (χ3v) is 3.32. The fourth-order valence-electron chi connectivity index (χ4n) is 1.60. The van der Waals surface area contributed by atoms with Crippen molar-refractivity contribution in [1.29, 1.82) is 0 Å². The monoisotopic (exact) mass is 460 g/mol. The number of carbonyl (C=O) groups excluding carboxylic acids is 2. The van der Waals surface area contributed by atoms with Crippen LogP contribution in [0.1, 0.15) is 1.43 Å². The third-order valence-electron chi connectivity index (χ3n) is 3.32. The van der Waals surface area contributed by atoms with Crippen molar-refractivity contribution in [2.45, 2.75) is 48.8 Å². The number of carbonyl (C=O) groups is 2. The minimum absolute atomic E-state index is 0. The van der Waals surface area contributed by atoms with Crippen LogP contribution in [0.3, 0.4) is 0 Å². The van der Waals surface area contributed by atoms with Gasteiger partial charge >= 0.3 is 68.4 Å². The summed E-state index contributed by atoms with van der Waals surface area (Å²) < 4.78 is 0. The first-order valence-corrected chi connectivity index (χ1v) is 7.46. The van der Waals surface area contributed by atoms with Crippen LogP contribution in [0.5, 0.6) is 0 Å². The predicted molar refractivity (Wildman–Crippen MR) is 79.1 cm³/mol. The van der Waals surface area contributed by atoms with E-state index in [0.29, 0.717) is 0 Å². The predicted octanol–water partition coefficient (Wildman–Crippen LogP) is -10.3.